The summed E-state index contributed by atoms with van der Waals surface area (Å²) >= 11 is 9.16. The summed E-state index contributed by atoms with van der Waals surface area (Å²) < 4.78 is 6.34. The van der Waals surface area contributed by atoms with Gasteiger partial charge in [-0.3, -0.25) is 0 Å². The van der Waals surface area contributed by atoms with E-state index in [0.29, 0.717) is 23.5 Å². The van der Waals surface area contributed by atoms with Gasteiger partial charge in [0.05, 0.1) is 10.7 Å². The van der Waals surface area contributed by atoms with Crippen LogP contribution in [0.4, 0.5) is 5.95 Å². The van der Waals surface area contributed by atoms with E-state index in [1.807, 2.05) is 24.3 Å². The van der Waals surface area contributed by atoms with E-state index in [1.165, 1.54) is 0 Å². The molecule has 1 heterocycles. The number of halogens is 2. The highest BCUT2D eigenvalue weighted by molar-refractivity contribution is 9.10. The Bertz CT molecular complexity index is 533. The molecule has 1 aromatic carbocycles. The van der Waals surface area contributed by atoms with E-state index in [9.17, 15) is 0 Å². The predicted octanol–water partition coefficient (Wildman–Crippen LogP) is 3.51. The van der Waals surface area contributed by atoms with E-state index < -0.39 is 0 Å². The van der Waals surface area contributed by atoms with Gasteiger partial charge in [0.2, 0.25) is 11.8 Å². The molecule has 1 aromatic heterocycles. The van der Waals surface area contributed by atoms with Crippen molar-refractivity contribution in [1.29, 1.82) is 0 Å². The van der Waals surface area contributed by atoms with Crippen molar-refractivity contribution < 1.29 is 4.74 Å². The number of aromatic nitrogens is 2. The molecule has 0 spiro atoms. The van der Waals surface area contributed by atoms with E-state index >= 15 is 0 Å². The van der Waals surface area contributed by atoms with Gasteiger partial charge in [0.1, 0.15) is 6.61 Å². The summed E-state index contributed by atoms with van der Waals surface area (Å²) in [5.41, 5.74) is 1.02. The Morgan fingerprint density at radius 3 is 2.72 bits per heavy atom. The van der Waals surface area contributed by atoms with Crippen molar-refractivity contribution in [3.63, 3.8) is 0 Å². The summed E-state index contributed by atoms with van der Waals surface area (Å²) in [5, 5.41) is 3.57. The van der Waals surface area contributed by atoms with Crippen LogP contribution in [0.15, 0.2) is 34.9 Å². The molecule has 0 unspecified atom stereocenters. The number of nitrogens with one attached hydrogen (secondary N) is 1. The molecule has 0 atom stereocenters. The average molecular weight is 329 g/mol. The Morgan fingerprint density at radius 1 is 1.33 bits per heavy atom. The van der Waals surface area contributed by atoms with Gasteiger partial charge in [-0.15, -0.1) is 0 Å². The minimum atomic E-state index is 0.427. The first-order valence-electron chi connectivity index (χ1n) is 5.26. The van der Waals surface area contributed by atoms with Crippen LogP contribution < -0.4 is 10.1 Å². The molecule has 1 N–H and O–H groups in total. The molecule has 0 saturated carbocycles. The average Bonchev–Trinajstić information content (AvgIpc) is 2.40. The number of hydrogen-bond donors (Lipinski definition) is 1. The Kier molecular flexibility index (Phi) is 4.38. The molecular formula is C12H11BrClN3O. The van der Waals surface area contributed by atoms with Gasteiger partial charge in [-0.05, 0) is 33.6 Å². The minimum absolute atomic E-state index is 0.427. The molecule has 0 bridgehead atoms. The molecule has 0 aliphatic heterocycles. The maximum atomic E-state index is 5.82. The highest BCUT2D eigenvalue weighted by Crippen LogP contribution is 2.23. The Morgan fingerprint density at radius 2 is 2.06 bits per heavy atom. The second-order valence-electron chi connectivity index (χ2n) is 3.51. The Balaban J connectivity index is 2.07. The minimum Gasteiger partial charge on any atom is -0.472 e. The van der Waals surface area contributed by atoms with Crippen LogP contribution >= 0.6 is 27.5 Å². The molecule has 0 aliphatic rings. The van der Waals surface area contributed by atoms with Crippen LogP contribution in [-0.4, -0.2) is 17.0 Å². The van der Waals surface area contributed by atoms with Crippen LogP contribution in [0.25, 0.3) is 0 Å². The van der Waals surface area contributed by atoms with Gasteiger partial charge in [-0.1, -0.05) is 23.7 Å². The first-order valence-corrected chi connectivity index (χ1v) is 6.43. The van der Waals surface area contributed by atoms with Gasteiger partial charge >= 0.3 is 0 Å². The maximum absolute atomic E-state index is 5.82. The lowest BCUT2D eigenvalue weighted by atomic mass is 10.2. The van der Waals surface area contributed by atoms with Crippen LogP contribution in [-0.2, 0) is 6.61 Å². The van der Waals surface area contributed by atoms with Gasteiger partial charge in [0.15, 0.2) is 0 Å². The number of nitrogens with zero attached hydrogens (tertiary/aromatic N) is 2. The fourth-order valence-electron chi connectivity index (χ4n) is 1.31. The molecule has 4 nitrogen and oxygen atoms in total. The summed E-state index contributed by atoms with van der Waals surface area (Å²) in [7, 11) is 1.76. The van der Waals surface area contributed by atoms with Gasteiger partial charge < -0.3 is 10.1 Å². The van der Waals surface area contributed by atoms with Crippen LogP contribution in [0.5, 0.6) is 5.88 Å². The molecule has 0 saturated heterocycles. The van der Waals surface area contributed by atoms with E-state index in [0.717, 1.165) is 10.0 Å². The third-order valence-electron chi connectivity index (χ3n) is 2.22. The number of benzene rings is 1. The molecule has 0 radical (unpaired) electrons. The third-order valence-corrected chi connectivity index (χ3v) is 3.02. The van der Waals surface area contributed by atoms with Crippen molar-refractivity contribution in [2.75, 3.05) is 12.4 Å². The molecule has 18 heavy (non-hydrogen) atoms. The smallest absolute Gasteiger partial charge is 0.233 e. The first-order chi connectivity index (χ1) is 8.69. The van der Waals surface area contributed by atoms with Gasteiger partial charge in [-0.25, -0.2) is 4.98 Å². The second-order valence-corrected chi connectivity index (χ2v) is 4.80. The normalized spacial score (nSPS) is 10.2. The fraction of sp³-hybridized carbons (Fsp3) is 0.167. The topological polar surface area (TPSA) is 47.0 Å². The van der Waals surface area contributed by atoms with Gasteiger partial charge in [0.25, 0.3) is 0 Å². The zero-order valence-corrected chi connectivity index (χ0v) is 12.0. The fourth-order valence-corrected chi connectivity index (χ4v) is 1.74. The van der Waals surface area contributed by atoms with E-state index in [4.69, 9.17) is 16.3 Å². The highest BCUT2D eigenvalue weighted by atomic mass is 79.9. The largest absolute Gasteiger partial charge is 0.472 e. The number of rotatable bonds is 4. The zero-order chi connectivity index (χ0) is 13.0. The first kappa shape index (κ1) is 13.1. The third kappa shape index (κ3) is 3.34. The van der Waals surface area contributed by atoms with E-state index in [2.05, 4.69) is 31.2 Å². The lowest BCUT2D eigenvalue weighted by Crippen LogP contribution is -2.02. The maximum Gasteiger partial charge on any atom is 0.233 e. The lowest BCUT2D eigenvalue weighted by molar-refractivity contribution is 0.291. The van der Waals surface area contributed by atoms with Crippen molar-refractivity contribution in [3.05, 3.63) is 45.5 Å². The molecule has 0 aliphatic carbocycles. The van der Waals surface area contributed by atoms with Crippen molar-refractivity contribution >= 4 is 33.5 Å². The summed E-state index contributed by atoms with van der Waals surface area (Å²) in [5.74, 6) is 1.02. The standard InChI is InChI=1S/C12H11BrClN3O/c1-15-12-16-6-10(13)11(17-12)18-7-8-2-4-9(14)5-3-8/h2-6H,7H2,1H3,(H,15,16,17). The SMILES string of the molecule is CNc1ncc(Br)c(OCc2ccc(Cl)cc2)n1. The highest BCUT2D eigenvalue weighted by Gasteiger charge is 2.05. The van der Waals surface area contributed by atoms with Crippen molar-refractivity contribution in [2.45, 2.75) is 6.61 Å². The summed E-state index contributed by atoms with van der Waals surface area (Å²) in [6.07, 6.45) is 1.65. The molecule has 2 rings (SSSR count). The van der Waals surface area contributed by atoms with Crippen LogP contribution in [0.3, 0.4) is 0 Å². The number of anilines is 1. The van der Waals surface area contributed by atoms with Crippen LogP contribution in [0.2, 0.25) is 5.02 Å². The summed E-state index contributed by atoms with van der Waals surface area (Å²) in [6.45, 7) is 0.427. The van der Waals surface area contributed by atoms with Crippen molar-refractivity contribution in [2.24, 2.45) is 0 Å². The Hall–Kier alpha value is -1.33. The molecule has 2 aromatic rings. The zero-order valence-electron chi connectivity index (χ0n) is 9.65. The van der Waals surface area contributed by atoms with Crippen molar-refractivity contribution in [3.8, 4) is 5.88 Å². The lowest BCUT2D eigenvalue weighted by Gasteiger charge is -2.08. The molecule has 6 heteroatoms. The molecule has 0 fully saturated rings. The van der Waals surface area contributed by atoms with Crippen LogP contribution in [0.1, 0.15) is 5.56 Å². The van der Waals surface area contributed by atoms with E-state index in [1.54, 1.807) is 13.2 Å². The summed E-state index contributed by atoms with van der Waals surface area (Å²) in [4.78, 5) is 8.26. The Labute approximate surface area is 118 Å². The molecular weight excluding hydrogens is 318 g/mol. The van der Waals surface area contributed by atoms with Crippen molar-refractivity contribution in [1.82, 2.24) is 9.97 Å². The predicted molar refractivity (Wildman–Crippen MR) is 75.1 cm³/mol. The number of hydrogen-bond acceptors (Lipinski definition) is 4. The molecule has 94 valence electrons. The van der Waals surface area contributed by atoms with Gasteiger partial charge in [-0.2, -0.15) is 4.98 Å². The molecule has 0 amide bonds. The van der Waals surface area contributed by atoms with Gasteiger partial charge in [0, 0.05) is 12.1 Å². The van der Waals surface area contributed by atoms with Crippen LogP contribution in [0, 0.1) is 0 Å². The number of ether oxygens (including phenoxy) is 1. The second kappa shape index (κ2) is 6.02. The summed E-state index contributed by atoms with van der Waals surface area (Å²) in [6, 6.07) is 7.48. The monoisotopic (exact) mass is 327 g/mol. The van der Waals surface area contributed by atoms with E-state index in [-0.39, 0.29) is 0 Å². The quantitative estimate of drug-likeness (QED) is 0.933.